The van der Waals surface area contributed by atoms with Crippen molar-refractivity contribution >= 4 is 6.29 Å². The fourth-order valence-electron chi connectivity index (χ4n) is 1.28. The zero-order valence-corrected chi connectivity index (χ0v) is 9.56. The van der Waals surface area contributed by atoms with E-state index in [1.54, 1.807) is 25.3 Å². The summed E-state index contributed by atoms with van der Waals surface area (Å²) in [6.07, 6.45) is 0.755. The van der Waals surface area contributed by atoms with Crippen LogP contribution < -0.4 is 9.47 Å². The lowest BCUT2D eigenvalue weighted by molar-refractivity contribution is 0.111. The SMILES string of the molecule is CCOc1cccc(C=O)c1OCCOC. The summed E-state index contributed by atoms with van der Waals surface area (Å²) in [5.74, 6) is 1.07. The highest BCUT2D eigenvalue weighted by atomic mass is 16.5. The molecule has 0 saturated carbocycles. The minimum Gasteiger partial charge on any atom is -0.490 e. The van der Waals surface area contributed by atoms with Crippen LogP contribution in [-0.2, 0) is 4.74 Å². The van der Waals surface area contributed by atoms with Crippen LogP contribution in [0, 0.1) is 0 Å². The van der Waals surface area contributed by atoms with E-state index in [0.29, 0.717) is 36.9 Å². The third-order valence-corrected chi connectivity index (χ3v) is 1.97. The van der Waals surface area contributed by atoms with Crippen LogP contribution in [-0.4, -0.2) is 33.2 Å². The molecule has 4 nitrogen and oxygen atoms in total. The van der Waals surface area contributed by atoms with Gasteiger partial charge in [-0.3, -0.25) is 4.79 Å². The number of hydrogen-bond acceptors (Lipinski definition) is 4. The van der Waals surface area contributed by atoms with Crippen molar-refractivity contribution in [2.24, 2.45) is 0 Å². The third-order valence-electron chi connectivity index (χ3n) is 1.97. The molecule has 16 heavy (non-hydrogen) atoms. The number of para-hydroxylation sites is 1. The van der Waals surface area contributed by atoms with Crippen molar-refractivity contribution in [3.05, 3.63) is 23.8 Å². The fourth-order valence-corrected chi connectivity index (χ4v) is 1.28. The second-order valence-corrected chi connectivity index (χ2v) is 3.07. The summed E-state index contributed by atoms with van der Waals surface area (Å²) in [6, 6.07) is 5.23. The lowest BCUT2D eigenvalue weighted by Crippen LogP contribution is -2.07. The Morgan fingerprint density at radius 2 is 2.06 bits per heavy atom. The number of rotatable bonds is 7. The molecule has 0 bridgehead atoms. The normalized spacial score (nSPS) is 9.88. The van der Waals surface area contributed by atoms with Crippen molar-refractivity contribution in [1.82, 2.24) is 0 Å². The summed E-state index contributed by atoms with van der Waals surface area (Å²) in [7, 11) is 1.60. The van der Waals surface area contributed by atoms with Crippen molar-refractivity contribution in [3.63, 3.8) is 0 Å². The van der Waals surface area contributed by atoms with Crippen LogP contribution in [0.1, 0.15) is 17.3 Å². The Balaban J connectivity index is 2.85. The molecule has 1 rings (SSSR count). The second kappa shape index (κ2) is 6.85. The summed E-state index contributed by atoms with van der Waals surface area (Å²) in [5.41, 5.74) is 0.488. The summed E-state index contributed by atoms with van der Waals surface area (Å²) in [5, 5.41) is 0. The van der Waals surface area contributed by atoms with Crippen molar-refractivity contribution in [1.29, 1.82) is 0 Å². The van der Waals surface area contributed by atoms with Crippen LogP contribution in [0.15, 0.2) is 18.2 Å². The maximum atomic E-state index is 10.8. The maximum Gasteiger partial charge on any atom is 0.171 e. The largest absolute Gasteiger partial charge is 0.490 e. The van der Waals surface area contributed by atoms with Crippen LogP contribution in [0.2, 0.25) is 0 Å². The number of carbonyl (C=O) groups is 1. The van der Waals surface area contributed by atoms with Gasteiger partial charge < -0.3 is 14.2 Å². The summed E-state index contributed by atoms with van der Waals surface area (Å²) < 4.78 is 15.7. The van der Waals surface area contributed by atoms with E-state index in [1.807, 2.05) is 6.92 Å². The van der Waals surface area contributed by atoms with Gasteiger partial charge in [0.1, 0.15) is 6.61 Å². The molecule has 0 aliphatic heterocycles. The molecule has 1 aromatic carbocycles. The zero-order valence-electron chi connectivity index (χ0n) is 9.56. The fraction of sp³-hybridized carbons (Fsp3) is 0.417. The molecule has 0 aromatic heterocycles. The molecule has 0 unspecified atom stereocenters. The average Bonchev–Trinajstić information content (AvgIpc) is 2.31. The lowest BCUT2D eigenvalue weighted by Gasteiger charge is -2.13. The van der Waals surface area contributed by atoms with E-state index in [9.17, 15) is 4.79 Å². The van der Waals surface area contributed by atoms with Gasteiger partial charge in [-0.1, -0.05) is 6.07 Å². The second-order valence-electron chi connectivity index (χ2n) is 3.07. The predicted molar refractivity (Wildman–Crippen MR) is 60.4 cm³/mol. The Labute approximate surface area is 95.1 Å². The van der Waals surface area contributed by atoms with E-state index in [4.69, 9.17) is 14.2 Å². The number of ether oxygens (including phenoxy) is 3. The maximum absolute atomic E-state index is 10.8. The van der Waals surface area contributed by atoms with Gasteiger partial charge in [-0.15, -0.1) is 0 Å². The Bertz CT molecular complexity index is 336. The summed E-state index contributed by atoms with van der Waals surface area (Å²) in [4.78, 5) is 10.8. The standard InChI is InChI=1S/C12H16O4/c1-3-15-11-6-4-5-10(9-13)12(11)16-8-7-14-2/h4-6,9H,3,7-8H2,1-2H3. The van der Waals surface area contributed by atoms with E-state index in [-0.39, 0.29) is 0 Å². The minimum atomic E-state index is 0.390. The smallest absolute Gasteiger partial charge is 0.171 e. The molecular weight excluding hydrogens is 208 g/mol. The molecule has 0 fully saturated rings. The molecule has 0 aliphatic carbocycles. The van der Waals surface area contributed by atoms with Crippen LogP contribution in [0.3, 0.4) is 0 Å². The monoisotopic (exact) mass is 224 g/mol. The van der Waals surface area contributed by atoms with Gasteiger partial charge >= 0.3 is 0 Å². The van der Waals surface area contributed by atoms with Crippen molar-refractivity contribution in [2.45, 2.75) is 6.92 Å². The highest BCUT2D eigenvalue weighted by Gasteiger charge is 2.09. The molecule has 4 heteroatoms. The first-order valence-corrected chi connectivity index (χ1v) is 5.16. The molecule has 0 amide bonds. The first-order chi connectivity index (χ1) is 7.83. The van der Waals surface area contributed by atoms with Gasteiger partial charge in [0, 0.05) is 7.11 Å². The van der Waals surface area contributed by atoms with E-state index in [0.717, 1.165) is 6.29 Å². The molecule has 0 aliphatic rings. The van der Waals surface area contributed by atoms with Crippen LogP contribution in [0.25, 0.3) is 0 Å². The van der Waals surface area contributed by atoms with Crippen molar-refractivity contribution in [3.8, 4) is 11.5 Å². The quantitative estimate of drug-likeness (QED) is 0.524. The summed E-state index contributed by atoms with van der Waals surface area (Å²) in [6.45, 7) is 3.27. The zero-order chi connectivity index (χ0) is 11.8. The number of hydrogen-bond donors (Lipinski definition) is 0. The number of carbonyl (C=O) groups excluding carboxylic acids is 1. The molecule has 0 spiro atoms. The van der Waals surface area contributed by atoms with Crippen molar-refractivity contribution in [2.75, 3.05) is 26.9 Å². The molecule has 0 N–H and O–H groups in total. The Hall–Kier alpha value is -1.55. The lowest BCUT2D eigenvalue weighted by atomic mass is 10.2. The van der Waals surface area contributed by atoms with Gasteiger partial charge in [0.2, 0.25) is 0 Å². The number of methoxy groups -OCH3 is 1. The van der Waals surface area contributed by atoms with E-state index < -0.39 is 0 Å². The number of aldehydes is 1. The highest BCUT2D eigenvalue weighted by Crippen LogP contribution is 2.30. The summed E-state index contributed by atoms with van der Waals surface area (Å²) >= 11 is 0. The topological polar surface area (TPSA) is 44.8 Å². The Morgan fingerprint density at radius 1 is 1.25 bits per heavy atom. The molecule has 0 radical (unpaired) electrons. The Morgan fingerprint density at radius 3 is 2.69 bits per heavy atom. The van der Waals surface area contributed by atoms with Crippen molar-refractivity contribution < 1.29 is 19.0 Å². The van der Waals surface area contributed by atoms with Gasteiger partial charge in [-0.2, -0.15) is 0 Å². The first kappa shape index (κ1) is 12.5. The Kier molecular flexibility index (Phi) is 5.36. The van der Waals surface area contributed by atoms with Gasteiger partial charge in [0.15, 0.2) is 17.8 Å². The van der Waals surface area contributed by atoms with Gasteiger partial charge in [-0.05, 0) is 19.1 Å². The predicted octanol–water partition coefficient (Wildman–Crippen LogP) is 1.92. The highest BCUT2D eigenvalue weighted by molar-refractivity contribution is 5.81. The van der Waals surface area contributed by atoms with Crippen LogP contribution in [0.4, 0.5) is 0 Å². The molecule has 0 heterocycles. The van der Waals surface area contributed by atoms with E-state index in [2.05, 4.69) is 0 Å². The number of benzene rings is 1. The molecule has 1 aromatic rings. The van der Waals surface area contributed by atoms with Gasteiger partial charge in [0.05, 0.1) is 18.8 Å². The van der Waals surface area contributed by atoms with Crippen LogP contribution in [0.5, 0.6) is 11.5 Å². The van der Waals surface area contributed by atoms with E-state index in [1.165, 1.54) is 0 Å². The van der Waals surface area contributed by atoms with Gasteiger partial charge in [0.25, 0.3) is 0 Å². The molecule has 0 saturated heterocycles. The molecule has 88 valence electrons. The van der Waals surface area contributed by atoms with Crippen LogP contribution >= 0.6 is 0 Å². The molecule has 0 atom stereocenters. The third kappa shape index (κ3) is 3.24. The average molecular weight is 224 g/mol. The van der Waals surface area contributed by atoms with Gasteiger partial charge in [-0.25, -0.2) is 0 Å². The minimum absolute atomic E-state index is 0.390. The molecular formula is C12H16O4. The first-order valence-electron chi connectivity index (χ1n) is 5.16. The van der Waals surface area contributed by atoms with E-state index >= 15 is 0 Å².